The van der Waals surface area contributed by atoms with Gasteiger partial charge in [-0.3, -0.25) is 0 Å². The fourth-order valence-electron chi connectivity index (χ4n) is 3.96. The Bertz CT molecular complexity index is 653. The molecule has 2 aromatic rings. The lowest BCUT2D eigenvalue weighted by atomic mass is 9.82. The summed E-state index contributed by atoms with van der Waals surface area (Å²) < 4.78 is 19.4. The zero-order valence-electron chi connectivity index (χ0n) is 14.5. The third kappa shape index (κ3) is 3.77. The van der Waals surface area contributed by atoms with Crippen molar-refractivity contribution in [3.05, 3.63) is 35.3 Å². The van der Waals surface area contributed by atoms with Gasteiger partial charge in [0, 0.05) is 16.6 Å². The topological polar surface area (TPSA) is 25.0 Å². The zero-order chi connectivity index (χ0) is 16.4. The molecule has 126 valence electrons. The maximum atomic E-state index is 13.5. The van der Waals surface area contributed by atoms with Crippen LogP contribution in [0.25, 0.3) is 10.9 Å². The van der Waals surface area contributed by atoms with Crippen LogP contribution in [0.2, 0.25) is 0 Å². The molecule has 0 radical (unpaired) electrons. The highest BCUT2D eigenvalue weighted by Gasteiger charge is 2.24. The largest absolute Gasteiger partial charge is 0.376 e. The van der Waals surface area contributed by atoms with Gasteiger partial charge in [0.05, 0.1) is 12.2 Å². The van der Waals surface area contributed by atoms with E-state index in [4.69, 9.17) is 4.74 Å². The Kier molecular flexibility index (Phi) is 5.05. The maximum Gasteiger partial charge on any atom is 0.125 e. The first-order valence-electron chi connectivity index (χ1n) is 9.01. The van der Waals surface area contributed by atoms with E-state index in [0.717, 1.165) is 24.3 Å². The minimum atomic E-state index is -0.167. The lowest BCUT2D eigenvalue weighted by molar-refractivity contribution is -0.0195. The Balaban J connectivity index is 1.72. The van der Waals surface area contributed by atoms with E-state index in [2.05, 4.69) is 25.8 Å². The molecule has 3 heteroatoms. The molecule has 0 unspecified atom stereocenters. The van der Waals surface area contributed by atoms with Crippen molar-refractivity contribution in [1.82, 2.24) is 4.98 Å². The van der Waals surface area contributed by atoms with Gasteiger partial charge in [0.15, 0.2) is 0 Å². The molecule has 1 N–H and O–H groups in total. The Morgan fingerprint density at radius 2 is 1.96 bits per heavy atom. The number of fused-ring (bicyclic) bond motifs is 1. The average Bonchev–Trinajstić information content (AvgIpc) is 2.85. The fraction of sp³-hybridized carbons (Fsp3) is 0.600. The molecule has 1 heterocycles. The van der Waals surface area contributed by atoms with E-state index >= 15 is 0 Å². The van der Waals surface area contributed by atoms with Gasteiger partial charge in [0.1, 0.15) is 5.82 Å². The highest BCUT2D eigenvalue weighted by molar-refractivity contribution is 5.84. The molecule has 1 aliphatic rings. The van der Waals surface area contributed by atoms with Crippen molar-refractivity contribution in [3.63, 3.8) is 0 Å². The number of H-pyrrole nitrogens is 1. The predicted octanol–water partition coefficient (Wildman–Crippen LogP) is 5.40. The van der Waals surface area contributed by atoms with Crippen molar-refractivity contribution < 1.29 is 9.13 Å². The monoisotopic (exact) mass is 317 g/mol. The van der Waals surface area contributed by atoms with E-state index in [0.29, 0.717) is 12.2 Å². The van der Waals surface area contributed by atoms with Crippen molar-refractivity contribution in [2.45, 2.75) is 71.5 Å². The summed E-state index contributed by atoms with van der Waals surface area (Å²) in [6, 6.07) is 5.13. The number of hydrogen-bond acceptors (Lipinski definition) is 1. The minimum absolute atomic E-state index is 0.167. The number of ether oxygens (including phenoxy) is 1. The number of hydrogen-bond donors (Lipinski definition) is 1. The Morgan fingerprint density at radius 1 is 1.22 bits per heavy atom. The average molecular weight is 317 g/mol. The van der Waals surface area contributed by atoms with E-state index in [1.165, 1.54) is 42.3 Å². The van der Waals surface area contributed by atoms with Crippen LogP contribution >= 0.6 is 0 Å². The van der Waals surface area contributed by atoms with E-state index in [1.54, 1.807) is 12.1 Å². The Labute approximate surface area is 138 Å². The van der Waals surface area contributed by atoms with E-state index in [-0.39, 0.29) is 5.82 Å². The summed E-state index contributed by atoms with van der Waals surface area (Å²) in [5.41, 5.74) is 3.61. The van der Waals surface area contributed by atoms with Gasteiger partial charge >= 0.3 is 0 Å². The molecule has 1 aromatic carbocycles. The normalized spacial score (nSPS) is 22.1. The summed E-state index contributed by atoms with van der Waals surface area (Å²) in [5.74, 6) is 0.552. The summed E-state index contributed by atoms with van der Waals surface area (Å²) in [7, 11) is 0. The summed E-state index contributed by atoms with van der Waals surface area (Å²) in [5, 5.41) is 1.20. The van der Waals surface area contributed by atoms with Crippen LogP contribution in [-0.2, 0) is 17.6 Å². The second-order valence-electron chi connectivity index (χ2n) is 7.16. The second-order valence-corrected chi connectivity index (χ2v) is 7.16. The lowest BCUT2D eigenvalue weighted by Crippen LogP contribution is -2.25. The van der Waals surface area contributed by atoms with E-state index in [9.17, 15) is 4.39 Å². The number of halogens is 1. The molecule has 0 saturated heterocycles. The van der Waals surface area contributed by atoms with Crippen LogP contribution in [0.3, 0.4) is 0 Å². The summed E-state index contributed by atoms with van der Waals surface area (Å²) in [4.78, 5) is 3.41. The number of rotatable bonds is 5. The van der Waals surface area contributed by atoms with Crippen LogP contribution in [0.15, 0.2) is 18.2 Å². The van der Waals surface area contributed by atoms with Crippen LogP contribution in [0.1, 0.15) is 57.7 Å². The third-order valence-corrected chi connectivity index (χ3v) is 5.06. The lowest BCUT2D eigenvalue weighted by Gasteiger charge is -2.30. The van der Waals surface area contributed by atoms with Gasteiger partial charge in [-0.1, -0.05) is 6.92 Å². The van der Waals surface area contributed by atoms with Gasteiger partial charge in [-0.15, -0.1) is 0 Å². The van der Waals surface area contributed by atoms with Gasteiger partial charge in [-0.2, -0.15) is 0 Å². The summed E-state index contributed by atoms with van der Waals surface area (Å²) in [6.07, 6.45) is 7.63. The standard InChI is InChI=1S/C20H28FNO/c1-4-19-18(17-10-7-15(21)12-20(17)22-19)11-14-5-8-16(9-6-14)23-13(2)3/h7,10,12-14,16,22H,4-6,8-9,11H2,1-3H3. The van der Waals surface area contributed by atoms with E-state index < -0.39 is 0 Å². The summed E-state index contributed by atoms with van der Waals surface area (Å²) in [6.45, 7) is 6.40. The molecule has 0 bridgehead atoms. The predicted molar refractivity (Wildman–Crippen MR) is 93.3 cm³/mol. The minimum Gasteiger partial charge on any atom is -0.376 e. The molecule has 0 spiro atoms. The van der Waals surface area contributed by atoms with E-state index in [1.807, 2.05) is 6.07 Å². The van der Waals surface area contributed by atoms with Crippen LogP contribution in [0.4, 0.5) is 4.39 Å². The molecule has 1 aromatic heterocycles. The second kappa shape index (κ2) is 7.04. The van der Waals surface area contributed by atoms with Gasteiger partial charge in [0.25, 0.3) is 0 Å². The Morgan fingerprint density at radius 3 is 2.61 bits per heavy atom. The molecular formula is C20H28FNO. The smallest absolute Gasteiger partial charge is 0.125 e. The SMILES string of the molecule is CCc1[nH]c2cc(F)ccc2c1CC1CCC(OC(C)C)CC1. The molecular weight excluding hydrogens is 289 g/mol. The summed E-state index contributed by atoms with van der Waals surface area (Å²) >= 11 is 0. The number of aromatic nitrogens is 1. The molecule has 1 fully saturated rings. The fourth-order valence-corrected chi connectivity index (χ4v) is 3.96. The van der Waals surface area contributed by atoms with Gasteiger partial charge < -0.3 is 9.72 Å². The quantitative estimate of drug-likeness (QED) is 0.785. The number of aromatic amines is 1. The molecule has 0 atom stereocenters. The molecule has 0 aliphatic heterocycles. The molecule has 1 saturated carbocycles. The van der Waals surface area contributed by atoms with Crippen molar-refractivity contribution in [1.29, 1.82) is 0 Å². The van der Waals surface area contributed by atoms with Crippen LogP contribution in [0, 0.1) is 11.7 Å². The highest BCUT2D eigenvalue weighted by Crippen LogP contribution is 2.33. The zero-order valence-corrected chi connectivity index (χ0v) is 14.5. The van der Waals surface area contributed by atoms with Crippen LogP contribution < -0.4 is 0 Å². The first-order valence-corrected chi connectivity index (χ1v) is 9.01. The number of benzene rings is 1. The molecule has 0 amide bonds. The van der Waals surface area contributed by atoms with Crippen molar-refractivity contribution >= 4 is 10.9 Å². The van der Waals surface area contributed by atoms with Gasteiger partial charge in [0.2, 0.25) is 0 Å². The third-order valence-electron chi connectivity index (χ3n) is 5.06. The molecule has 2 nitrogen and oxygen atoms in total. The van der Waals surface area contributed by atoms with Crippen molar-refractivity contribution in [2.24, 2.45) is 5.92 Å². The molecule has 1 aliphatic carbocycles. The molecule has 23 heavy (non-hydrogen) atoms. The first-order chi connectivity index (χ1) is 11.1. The maximum absolute atomic E-state index is 13.5. The van der Waals surface area contributed by atoms with Crippen molar-refractivity contribution in [2.75, 3.05) is 0 Å². The van der Waals surface area contributed by atoms with Gasteiger partial charge in [-0.25, -0.2) is 4.39 Å². The number of aryl methyl sites for hydroxylation is 1. The first kappa shape index (κ1) is 16.5. The van der Waals surface area contributed by atoms with Crippen LogP contribution in [0.5, 0.6) is 0 Å². The van der Waals surface area contributed by atoms with Crippen LogP contribution in [-0.4, -0.2) is 17.2 Å². The Hall–Kier alpha value is -1.35. The highest BCUT2D eigenvalue weighted by atomic mass is 19.1. The van der Waals surface area contributed by atoms with Crippen molar-refractivity contribution in [3.8, 4) is 0 Å². The molecule has 3 rings (SSSR count). The number of nitrogens with one attached hydrogen (secondary N) is 1. The van der Waals surface area contributed by atoms with Gasteiger partial charge in [-0.05, 0) is 82.1 Å².